The van der Waals surface area contributed by atoms with Gasteiger partial charge in [-0.3, -0.25) is 4.98 Å². The fourth-order valence-electron chi connectivity index (χ4n) is 2.24. The zero-order chi connectivity index (χ0) is 11.6. The molecule has 1 atom stereocenters. The Bertz CT molecular complexity index is 347. The van der Waals surface area contributed by atoms with E-state index in [2.05, 4.69) is 20.9 Å². The van der Waals surface area contributed by atoms with Crippen LogP contribution in [0.15, 0.2) is 22.8 Å². The van der Waals surface area contributed by atoms with Gasteiger partial charge in [-0.2, -0.15) is 0 Å². The van der Waals surface area contributed by atoms with Crippen LogP contribution in [-0.4, -0.2) is 26.9 Å². The molecule has 1 aliphatic carbocycles. The van der Waals surface area contributed by atoms with Crippen LogP contribution >= 0.6 is 15.9 Å². The van der Waals surface area contributed by atoms with E-state index in [1.54, 1.807) is 6.20 Å². The van der Waals surface area contributed by atoms with Crippen LogP contribution in [0.2, 0.25) is 0 Å². The first-order chi connectivity index (χ1) is 7.60. The van der Waals surface area contributed by atoms with Crippen molar-refractivity contribution < 1.29 is 10.2 Å². The summed E-state index contributed by atoms with van der Waals surface area (Å²) >= 11 is 3.31. The molecule has 0 amide bonds. The van der Waals surface area contributed by atoms with Crippen molar-refractivity contribution in [1.82, 2.24) is 4.98 Å². The molecule has 1 aliphatic rings. The number of aliphatic hydroxyl groups is 2. The molecule has 4 heteroatoms. The van der Waals surface area contributed by atoms with Crippen LogP contribution in [0.3, 0.4) is 0 Å². The van der Waals surface area contributed by atoms with Crippen molar-refractivity contribution in [2.75, 3.05) is 0 Å². The van der Waals surface area contributed by atoms with E-state index in [1.807, 2.05) is 12.1 Å². The van der Waals surface area contributed by atoms with Crippen molar-refractivity contribution in [3.8, 4) is 0 Å². The van der Waals surface area contributed by atoms with Crippen molar-refractivity contribution in [2.45, 2.75) is 43.8 Å². The summed E-state index contributed by atoms with van der Waals surface area (Å²) in [4.78, 5) is 4.20. The van der Waals surface area contributed by atoms with E-state index in [1.165, 1.54) is 0 Å². The molecule has 16 heavy (non-hydrogen) atoms. The van der Waals surface area contributed by atoms with E-state index >= 15 is 0 Å². The third-order valence-corrected chi connectivity index (χ3v) is 3.75. The molecular weight excluding hydrogens is 270 g/mol. The Labute approximate surface area is 104 Å². The highest BCUT2D eigenvalue weighted by Crippen LogP contribution is 2.33. The Kier molecular flexibility index (Phi) is 3.62. The van der Waals surface area contributed by atoms with Crippen molar-refractivity contribution in [2.24, 2.45) is 0 Å². The van der Waals surface area contributed by atoms with Crippen molar-refractivity contribution in [3.05, 3.63) is 28.5 Å². The quantitative estimate of drug-likeness (QED) is 0.894. The molecule has 1 heterocycles. The first kappa shape index (κ1) is 12.0. The minimum Gasteiger partial charge on any atom is -0.390 e. The highest BCUT2D eigenvalue weighted by Gasteiger charge is 2.38. The highest BCUT2D eigenvalue weighted by atomic mass is 79.9. The summed E-state index contributed by atoms with van der Waals surface area (Å²) in [7, 11) is 0. The van der Waals surface area contributed by atoms with Gasteiger partial charge in [-0.15, -0.1) is 0 Å². The van der Waals surface area contributed by atoms with Crippen LogP contribution in [0.5, 0.6) is 0 Å². The summed E-state index contributed by atoms with van der Waals surface area (Å²) in [6, 6.07) is 3.76. The number of pyridine rings is 1. The average Bonchev–Trinajstić information content (AvgIpc) is 2.70. The number of aliphatic hydroxyl groups excluding tert-OH is 1. The molecule has 2 N–H and O–H groups in total. The normalized spacial score (nSPS) is 20.9. The topological polar surface area (TPSA) is 53.4 Å². The van der Waals surface area contributed by atoms with Gasteiger partial charge in [0.25, 0.3) is 0 Å². The SMILES string of the molecule is OC(Cc1ccc(Br)cn1)C1(O)CCCC1. The molecule has 1 unspecified atom stereocenters. The second-order valence-corrected chi connectivity index (χ2v) is 5.41. The number of aromatic nitrogens is 1. The van der Waals surface area contributed by atoms with E-state index in [-0.39, 0.29) is 0 Å². The Morgan fingerprint density at radius 1 is 1.38 bits per heavy atom. The summed E-state index contributed by atoms with van der Waals surface area (Å²) in [5.74, 6) is 0. The van der Waals surface area contributed by atoms with Crippen LogP contribution < -0.4 is 0 Å². The summed E-state index contributed by atoms with van der Waals surface area (Å²) < 4.78 is 0.922. The van der Waals surface area contributed by atoms with Crippen LogP contribution in [0.25, 0.3) is 0 Å². The molecule has 3 nitrogen and oxygen atoms in total. The molecule has 1 aromatic heterocycles. The fourth-order valence-corrected chi connectivity index (χ4v) is 2.47. The molecule has 0 radical (unpaired) electrons. The Morgan fingerprint density at radius 3 is 2.62 bits per heavy atom. The maximum absolute atomic E-state index is 10.2. The number of halogens is 1. The fraction of sp³-hybridized carbons (Fsp3) is 0.583. The molecular formula is C12H16BrNO2. The predicted octanol–water partition coefficient (Wildman–Crippen LogP) is 2.05. The standard InChI is InChI=1S/C12H16BrNO2/c13-9-3-4-10(14-8-9)7-11(15)12(16)5-1-2-6-12/h3-4,8,11,15-16H,1-2,5-7H2. The Balaban J connectivity index is 2.01. The van der Waals surface area contributed by atoms with Crippen molar-refractivity contribution in [1.29, 1.82) is 0 Å². The second kappa shape index (κ2) is 4.82. The number of hydrogen-bond acceptors (Lipinski definition) is 3. The molecule has 0 saturated heterocycles. The van der Waals surface area contributed by atoms with E-state index in [0.717, 1.165) is 23.0 Å². The molecule has 0 spiro atoms. The smallest absolute Gasteiger partial charge is 0.0909 e. The second-order valence-electron chi connectivity index (χ2n) is 4.50. The third-order valence-electron chi connectivity index (χ3n) is 3.28. The van der Waals surface area contributed by atoms with Gasteiger partial charge in [0.1, 0.15) is 0 Å². The van der Waals surface area contributed by atoms with Crippen LogP contribution in [0.4, 0.5) is 0 Å². The molecule has 2 rings (SSSR count). The molecule has 0 aromatic carbocycles. The minimum atomic E-state index is -0.894. The third kappa shape index (κ3) is 2.62. The maximum atomic E-state index is 10.2. The summed E-state index contributed by atoms with van der Waals surface area (Å²) in [6.07, 6.45) is 4.83. The lowest BCUT2D eigenvalue weighted by atomic mass is 9.91. The van der Waals surface area contributed by atoms with Gasteiger partial charge in [0.15, 0.2) is 0 Å². The van der Waals surface area contributed by atoms with Gasteiger partial charge in [0.05, 0.1) is 11.7 Å². The summed E-state index contributed by atoms with van der Waals surface area (Å²) in [5, 5.41) is 20.2. The summed E-state index contributed by atoms with van der Waals surface area (Å²) in [6.45, 7) is 0. The number of hydrogen-bond donors (Lipinski definition) is 2. The summed E-state index contributed by atoms with van der Waals surface area (Å²) in [5.41, 5.74) is -0.0783. The van der Waals surface area contributed by atoms with E-state index in [9.17, 15) is 10.2 Å². The van der Waals surface area contributed by atoms with E-state index < -0.39 is 11.7 Å². The number of nitrogens with zero attached hydrogens (tertiary/aromatic N) is 1. The van der Waals surface area contributed by atoms with Gasteiger partial charge in [-0.1, -0.05) is 12.8 Å². The highest BCUT2D eigenvalue weighted by molar-refractivity contribution is 9.10. The van der Waals surface area contributed by atoms with Crippen LogP contribution in [0, 0.1) is 0 Å². The Hall–Kier alpha value is -0.450. The van der Waals surface area contributed by atoms with Crippen molar-refractivity contribution in [3.63, 3.8) is 0 Å². The molecule has 88 valence electrons. The van der Waals surface area contributed by atoms with E-state index in [0.29, 0.717) is 19.3 Å². The lowest BCUT2D eigenvalue weighted by molar-refractivity contribution is -0.0693. The van der Waals surface area contributed by atoms with E-state index in [4.69, 9.17) is 0 Å². The first-order valence-corrected chi connectivity index (χ1v) is 6.40. The van der Waals surface area contributed by atoms with Gasteiger partial charge in [-0.25, -0.2) is 0 Å². The minimum absolute atomic E-state index is 0.420. The maximum Gasteiger partial charge on any atom is 0.0909 e. The molecule has 1 saturated carbocycles. The van der Waals surface area contributed by atoms with Gasteiger partial charge in [-0.05, 0) is 40.9 Å². The molecule has 0 bridgehead atoms. The van der Waals surface area contributed by atoms with Gasteiger partial charge < -0.3 is 10.2 Å². The predicted molar refractivity (Wildman–Crippen MR) is 65.1 cm³/mol. The van der Waals surface area contributed by atoms with Crippen molar-refractivity contribution >= 4 is 15.9 Å². The zero-order valence-electron chi connectivity index (χ0n) is 9.06. The van der Waals surface area contributed by atoms with Gasteiger partial charge in [0.2, 0.25) is 0 Å². The largest absolute Gasteiger partial charge is 0.390 e. The molecule has 0 aliphatic heterocycles. The van der Waals surface area contributed by atoms with Crippen LogP contribution in [-0.2, 0) is 6.42 Å². The lowest BCUT2D eigenvalue weighted by Gasteiger charge is -2.28. The Morgan fingerprint density at radius 2 is 2.06 bits per heavy atom. The first-order valence-electron chi connectivity index (χ1n) is 5.61. The van der Waals surface area contributed by atoms with Gasteiger partial charge >= 0.3 is 0 Å². The van der Waals surface area contributed by atoms with Crippen LogP contribution in [0.1, 0.15) is 31.4 Å². The molecule has 1 fully saturated rings. The average molecular weight is 286 g/mol. The molecule has 1 aromatic rings. The van der Waals surface area contributed by atoms with Gasteiger partial charge in [0, 0.05) is 22.8 Å². The lowest BCUT2D eigenvalue weighted by Crippen LogP contribution is -2.41. The zero-order valence-corrected chi connectivity index (χ0v) is 10.7. The monoisotopic (exact) mass is 285 g/mol. The number of rotatable bonds is 3.